The molecule has 0 atom stereocenters. The number of benzene rings is 2. The van der Waals surface area contributed by atoms with E-state index in [-0.39, 0.29) is 30.1 Å². The molecule has 2 aromatic carbocycles. The molecule has 0 amide bonds. The minimum absolute atomic E-state index is 0. The van der Waals surface area contributed by atoms with E-state index in [1.807, 2.05) is 42.5 Å². The molecule has 0 spiro atoms. The molecule has 0 radical (unpaired) electrons. The molecule has 1 fully saturated rings. The fourth-order valence-corrected chi connectivity index (χ4v) is 3.70. The van der Waals surface area contributed by atoms with Gasteiger partial charge in [0, 0.05) is 32.5 Å². The lowest BCUT2D eigenvalue weighted by atomic mass is 10.1. The first kappa shape index (κ1) is 25.9. The number of nitrogens with zero attached hydrogens (tertiary/aromatic N) is 2. The van der Waals surface area contributed by atoms with Gasteiger partial charge >= 0.3 is 0 Å². The molecule has 1 aliphatic rings. The van der Waals surface area contributed by atoms with Gasteiger partial charge in [-0.2, -0.15) is 0 Å². The monoisotopic (exact) mass is 555 g/mol. The fraction of sp³-hybridized carbons (Fsp3) is 0.458. The van der Waals surface area contributed by atoms with Crippen LogP contribution in [0.2, 0.25) is 0 Å². The summed E-state index contributed by atoms with van der Waals surface area (Å²) in [6.07, 6.45) is 2.16. The Morgan fingerprint density at radius 3 is 2.16 bits per heavy atom. The number of rotatable bonds is 8. The van der Waals surface area contributed by atoms with Crippen molar-refractivity contribution < 1.29 is 18.9 Å². The summed E-state index contributed by atoms with van der Waals surface area (Å²) in [6.45, 7) is 5.21. The summed E-state index contributed by atoms with van der Waals surface area (Å²) in [6, 6.07) is 13.9. The van der Waals surface area contributed by atoms with Crippen LogP contribution in [-0.4, -0.2) is 57.9 Å². The summed E-state index contributed by atoms with van der Waals surface area (Å²) in [4.78, 5) is 7.16. The average Bonchev–Trinajstić information content (AvgIpc) is 2.82. The molecule has 0 aromatic heterocycles. The SMILES string of the molecule is CCNC(=NCc1cc(OC)c(OC)c(OC)c1)N1CCC(Oc2ccccc2)CC1.I. The van der Waals surface area contributed by atoms with Crippen molar-refractivity contribution in [3.8, 4) is 23.0 Å². The molecule has 0 bridgehead atoms. The first-order valence-electron chi connectivity index (χ1n) is 10.7. The van der Waals surface area contributed by atoms with Crippen molar-refractivity contribution in [3.05, 3.63) is 48.0 Å². The Labute approximate surface area is 208 Å². The van der Waals surface area contributed by atoms with Gasteiger partial charge in [0.1, 0.15) is 11.9 Å². The third-order valence-corrected chi connectivity index (χ3v) is 5.26. The van der Waals surface area contributed by atoms with Gasteiger partial charge in [-0.25, -0.2) is 4.99 Å². The van der Waals surface area contributed by atoms with E-state index in [4.69, 9.17) is 23.9 Å². The summed E-state index contributed by atoms with van der Waals surface area (Å²) >= 11 is 0. The second kappa shape index (κ2) is 13.2. The molecule has 1 heterocycles. The fourth-order valence-electron chi connectivity index (χ4n) is 3.70. The molecule has 3 rings (SSSR count). The van der Waals surface area contributed by atoms with Crippen LogP contribution in [0.1, 0.15) is 25.3 Å². The topological polar surface area (TPSA) is 64.6 Å². The van der Waals surface area contributed by atoms with Gasteiger partial charge in [-0.1, -0.05) is 18.2 Å². The van der Waals surface area contributed by atoms with Gasteiger partial charge in [0.15, 0.2) is 17.5 Å². The molecule has 2 aromatic rings. The Balaban J connectivity index is 0.00000363. The number of hydrogen-bond acceptors (Lipinski definition) is 5. The number of likely N-dealkylation sites (tertiary alicyclic amines) is 1. The van der Waals surface area contributed by atoms with Crippen molar-refractivity contribution in [1.82, 2.24) is 10.2 Å². The molecule has 1 aliphatic heterocycles. The highest BCUT2D eigenvalue weighted by Gasteiger charge is 2.23. The number of piperidine rings is 1. The van der Waals surface area contributed by atoms with Gasteiger partial charge in [0.05, 0.1) is 27.9 Å². The van der Waals surface area contributed by atoms with Crippen LogP contribution in [0.4, 0.5) is 0 Å². The summed E-state index contributed by atoms with van der Waals surface area (Å²) in [5, 5.41) is 3.41. The van der Waals surface area contributed by atoms with Crippen LogP contribution in [-0.2, 0) is 6.54 Å². The van der Waals surface area contributed by atoms with E-state index in [0.717, 1.165) is 49.7 Å². The van der Waals surface area contributed by atoms with Crippen LogP contribution in [0.25, 0.3) is 0 Å². The molecular formula is C24H34IN3O4. The highest BCUT2D eigenvalue weighted by atomic mass is 127. The number of para-hydroxylation sites is 1. The summed E-state index contributed by atoms with van der Waals surface area (Å²) < 4.78 is 22.4. The van der Waals surface area contributed by atoms with Crippen LogP contribution in [0.5, 0.6) is 23.0 Å². The number of aliphatic imine (C=N–C) groups is 1. The number of ether oxygens (including phenoxy) is 4. The highest BCUT2D eigenvalue weighted by molar-refractivity contribution is 14.0. The van der Waals surface area contributed by atoms with E-state index < -0.39 is 0 Å². The lowest BCUT2D eigenvalue weighted by Gasteiger charge is -2.34. The molecule has 0 aliphatic carbocycles. The zero-order chi connectivity index (χ0) is 22.1. The molecule has 176 valence electrons. The number of nitrogens with one attached hydrogen (secondary N) is 1. The minimum atomic E-state index is 0. The van der Waals surface area contributed by atoms with Crippen molar-refractivity contribution in [2.75, 3.05) is 41.0 Å². The van der Waals surface area contributed by atoms with Crippen molar-refractivity contribution in [2.24, 2.45) is 4.99 Å². The van der Waals surface area contributed by atoms with Crippen LogP contribution in [0, 0.1) is 0 Å². The zero-order valence-corrected chi connectivity index (χ0v) is 21.6. The smallest absolute Gasteiger partial charge is 0.203 e. The predicted molar refractivity (Wildman–Crippen MR) is 138 cm³/mol. The van der Waals surface area contributed by atoms with E-state index >= 15 is 0 Å². The number of hydrogen-bond donors (Lipinski definition) is 1. The first-order chi connectivity index (χ1) is 15.2. The van der Waals surface area contributed by atoms with E-state index in [2.05, 4.69) is 17.1 Å². The van der Waals surface area contributed by atoms with Crippen LogP contribution >= 0.6 is 24.0 Å². The third-order valence-electron chi connectivity index (χ3n) is 5.26. The number of guanidine groups is 1. The normalized spacial score (nSPS) is 14.4. The highest BCUT2D eigenvalue weighted by Crippen LogP contribution is 2.38. The molecular weight excluding hydrogens is 521 g/mol. The Hall–Kier alpha value is -2.36. The van der Waals surface area contributed by atoms with E-state index in [0.29, 0.717) is 23.8 Å². The summed E-state index contributed by atoms with van der Waals surface area (Å²) in [5.74, 6) is 3.70. The molecule has 32 heavy (non-hydrogen) atoms. The Morgan fingerprint density at radius 2 is 1.62 bits per heavy atom. The Bertz CT molecular complexity index is 831. The average molecular weight is 555 g/mol. The van der Waals surface area contributed by atoms with Gasteiger partial charge in [-0.3, -0.25) is 0 Å². The molecule has 7 nitrogen and oxygen atoms in total. The second-order valence-electron chi connectivity index (χ2n) is 7.32. The lowest BCUT2D eigenvalue weighted by molar-refractivity contribution is 0.129. The van der Waals surface area contributed by atoms with Gasteiger partial charge in [-0.15, -0.1) is 24.0 Å². The Morgan fingerprint density at radius 1 is 1.00 bits per heavy atom. The Kier molecular flexibility index (Phi) is 10.7. The van der Waals surface area contributed by atoms with Crippen molar-refractivity contribution >= 4 is 29.9 Å². The van der Waals surface area contributed by atoms with Gasteiger partial charge in [0.2, 0.25) is 5.75 Å². The van der Waals surface area contributed by atoms with Gasteiger partial charge in [-0.05, 0) is 36.8 Å². The molecule has 8 heteroatoms. The van der Waals surface area contributed by atoms with E-state index in [9.17, 15) is 0 Å². The minimum Gasteiger partial charge on any atom is -0.493 e. The second-order valence-corrected chi connectivity index (χ2v) is 7.32. The summed E-state index contributed by atoms with van der Waals surface area (Å²) in [7, 11) is 4.85. The lowest BCUT2D eigenvalue weighted by Crippen LogP contribution is -2.47. The number of methoxy groups -OCH3 is 3. The molecule has 1 N–H and O–H groups in total. The van der Waals surface area contributed by atoms with Gasteiger partial charge < -0.3 is 29.2 Å². The van der Waals surface area contributed by atoms with Crippen molar-refractivity contribution in [1.29, 1.82) is 0 Å². The quantitative estimate of drug-likeness (QED) is 0.297. The molecule has 0 unspecified atom stereocenters. The van der Waals surface area contributed by atoms with Crippen molar-refractivity contribution in [2.45, 2.75) is 32.4 Å². The zero-order valence-electron chi connectivity index (χ0n) is 19.3. The maximum atomic E-state index is 6.12. The van der Waals surface area contributed by atoms with Crippen LogP contribution in [0.15, 0.2) is 47.5 Å². The van der Waals surface area contributed by atoms with E-state index in [1.54, 1.807) is 21.3 Å². The van der Waals surface area contributed by atoms with Gasteiger partial charge in [0.25, 0.3) is 0 Å². The van der Waals surface area contributed by atoms with Crippen LogP contribution in [0.3, 0.4) is 0 Å². The van der Waals surface area contributed by atoms with E-state index in [1.165, 1.54) is 0 Å². The first-order valence-corrected chi connectivity index (χ1v) is 10.7. The third kappa shape index (κ3) is 6.82. The maximum absolute atomic E-state index is 6.12. The van der Waals surface area contributed by atoms with Crippen molar-refractivity contribution in [3.63, 3.8) is 0 Å². The molecule has 1 saturated heterocycles. The maximum Gasteiger partial charge on any atom is 0.203 e. The summed E-state index contributed by atoms with van der Waals surface area (Å²) in [5.41, 5.74) is 0.993. The van der Waals surface area contributed by atoms with Crippen LogP contribution < -0.4 is 24.3 Å². The largest absolute Gasteiger partial charge is 0.493 e. The number of halogens is 1. The molecule has 0 saturated carbocycles. The standard InChI is InChI=1S/C24H33N3O4.HI/c1-5-25-24(26-17-18-15-21(28-2)23(30-4)22(16-18)29-3)27-13-11-20(12-14-27)31-19-9-7-6-8-10-19;/h6-10,15-16,20H,5,11-14,17H2,1-4H3,(H,25,26);1H. The predicted octanol–water partition coefficient (Wildman–Crippen LogP) is 4.34.